The molecule has 0 aliphatic heterocycles. The Balaban J connectivity index is 1.51. The number of aromatic nitrogens is 1. The molecule has 0 bridgehead atoms. The van der Waals surface area contributed by atoms with E-state index in [0.29, 0.717) is 16.3 Å². The predicted molar refractivity (Wildman–Crippen MR) is 131 cm³/mol. The number of nitrogens with two attached hydrogens (primary N) is 1. The smallest absolute Gasteiger partial charge is 0.412 e. The second-order valence-corrected chi connectivity index (χ2v) is 8.37. The molecule has 1 aromatic heterocycles. The molecule has 1 unspecified atom stereocenters. The van der Waals surface area contributed by atoms with Gasteiger partial charge in [-0.2, -0.15) is 0 Å². The highest BCUT2D eigenvalue weighted by molar-refractivity contribution is 6.31. The first kappa shape index (κ1) is 27.2. The fourth-order valence-corrected chi connectivity index (χ4v) is 3.56. The molecule has 0 spiro atoms. The average Bonchev–Trinajstić information content (AvgIpc) is 2.84. The van der Waals surface area contributed by atoms with Crippen molar-refractivity contribution in [1.29, 1.82) is 0 Å². The maximum absolute atomic E-state index is 13.5. The van der Waals surface area contributed by atoms with Crippen molar-refractivity contribution in [3.63, 3.8) is 0 Å². The summed E-state index contributed by atoms with van der Waals surface area (Å²) >= 11 is 5.90. The topological polar surface area (TPSA) is 139 Å². The lowest BCUT2D eigenvalue weighted by Crippen LogP contribution is -2.45. The summed E-state index contributed by atoms with van der Waals surface area (Å²) in [6.45, 7) is -0.285. The van der Waals surface area contributed by atoms with Crippen molar-refractivity contribution in [2.75, 3.05) is 25.0 Å². The van der Waals surface area contributed by atoms with Gasteiger partial charge in [-0.15, -0.1) is 0 Å². The average molecular weight is 522 g/mol. The van der Waals surface area contributed by atoms with Crippen molar-refractivity contribution < 1.29 is 28.2 Å². The molecule has 0 aliphatic rings. The van der Waals surface area contributed by atoms with E-state index in [1.165, 1.54) is 36.5 Å². The van der Waals surface area contributed by atoms with Crippen LogP contribution in [0.25, 0.3) is 10.8 Å². The van der Waals surface area contributed by atoms with Crippen molar-refractivity contribution >= 4 is 40.2 Å². The number of aliphatic hydroxyl groups excluding tert-OH is 1. The van der Waals surface area contributed by atoms with Gasteiger partial charge in [0.15, 0.2) is 0 Å². The Morgan fingerprint density at radius 3 is 2.75 bits per heavy atom. The number of pyridine rings is 1. The number of fused-ring (bicyclic) bond motifs is 1. The van der Waals surface area contributed by atoms with Gasteiger partial charge in [-0.25, -0.2) is 18.6 Å². The summed E-state index contributed by atoms with van der Waals surface area (Å²) < 4.78 is 32.2. The van der Waals surface area contributed by atoms with E-state index >= 15 is 0 Å². The molecule has 3 rings (SSSR count). The number of hydrogen-bond acceptors (Lipinski definition) is 7. The number of halogens is 3. The number of benzene rings is 2. The van der Waals surface area contributed by atoms with Crippen molar-refractivity contribution in [3.8, 4) is 0 Å². The van der Waals surface area contributed by atoms with Gasteiger partial charge >= 0.3 is 6.09 Å². The second kappa shape index (κ2) is 13.1. The molecule has 9 nitrogen and oxygen atoms in total. The number of nitrogens with zero attached hydrogens (tertiary/aromatic N) is 1. The summed E-state index contributed by atoms with van der Waals surface area (Å²) in [5.74, 6) is -1.27. The van der Waals surface area contributed by atoms with Crippen LogP contribution in [-0.4, -0.2) is 53.9 Å². The molecule has 2 amide bonds. The predicted octanol–water partition coefficient (Wildman–Crippen LogP) is 2.70. The maximum Gasteiger partial charge on any atom is 0.412 e. The number of anilines is 1. The van der Waals surface area contributed by atoms with Crippen LogP contribution in [0.1, 0.15) is 12.0 Å². The monoisotopic (exact) mass is 521 g/mol. The highest BCUT2D eigenvalue weighted by atomic mass is 35.5. The van der Waals surface area contributed by atoms with E-state index in [2.05, 4.69) is 20.9 Å². The molecular weight excluding hydrogens is 496 g/mol. The van der Waals surface area contributed by atoms with Gasteiger partial charge < -0.3 is 26.2 Å². The number of hydrogen-bond donors (Lipinski definition) is 5. The molecule has 6 N–H and O–H groups in total. The van der Waals surface area contributed by atoms with Crippen LogP contribution < -0.4 is 21.7 Å². The van der Waals surface area contributed by atoms with E-state index in [0.717, 1.165) is 0 Å². The van der Waals surface area contributed by atoms with Crippen molar-refractivity contribution in [3.05, 3.63) is 70.9 Å². The summed E-state index contributed by atoms with van der Waals surface area (Å²) in [7, 11) is 0. The molecule has 3 aromatic rings. The first-order valence-corrected chi connectivity index (χ1v) is 11.4. The first-order valence-electron chi connectivity index (χ1n) is 11.1. The van der Waals surface area contributed by atoms with Crippen molar-refractivity contribution in [2.24, 2.45) is 5.73 Å². The van der Waals surface area contributed by atoms with E-state index in [1.54, 1.807) is 12.1 Å². The van der Waals surface area contributed by atoms with Gasteiger partial charge in [0.2, 0.25) is 5.91 Å². The zero-order valence-electron chi connectivity index (χ0n) is 19.1. The van der Waals surface area contributed by atoms with Crippen LogP contribution in [0.5, 0.6) is 0 Å². The Morgan fingerprint density at radius 2 is 1.97 bits per heavy atom. The van der Waals surface area contributed by atoms with Gasteiger partial charge in [-0.1, -0.05) is 23.7 Å². The van der Waals surface area contributed by atoms with Crippen molar-refractivity contribution in [2.45, 2.75) is 25.1 Å². The Bertz CT molecular complexity index is 1220. The normalized spacial score (nSPS) is 12.7. The van der Waals surface area contributed by atoms with E-state index in [1.807, 2.05) is 0 Å². The number of rotatable bonds is 11. The summed E-state index contributed by atoms with van der Waals surface area (Å²) in [4.78, 5) is 28.7. The molecule has 0 saturated heterocycles. The summed E-state index contributed by atoms with van der Waals surface area (Å²) in [6.07, 6.45) is -0.259. The van der Waals surface area contributed by atoms with Crippen LogP contribution in [0.15, 0.2) is 48.7 Å². The molecule has 1 heterocycles. The Labute approximate surface area is 211 Å². The molecule has 0 saturated carbocycles. The van der Waals surface area contributed by atoms with E-state index in [4.69, 9.17) is 22.1 Å². The van der Waals surface area contributed by atoms with E-state index in [-0.39, 0.29) is 43.5 Å². The standard InChI is InChI=1S/C24H26ClF2N5O4/c25-23-15(2-1-3-20(23)27)10-29-12-22(34)31-18(8-19(33)9-28)13-36-24(35)32-21-7-16-6-17(26)5-4-14(16)11-30-21/h1-7,11,18-19,29,33H,8-10,12-13,28H2,(H,31,34)(H,30,32,35)/t18-,19?/m0/s1. The second-order valence-electron chi connectivity index (χ2n) is 7.99. The van der Waals surface area contributed by atoms with Gasteiger partial charge in [0.25, 0.3) is 0 Å². The fourth-order valence-electron chi connectivity index (χ4n) is 3.36. The number of aliphatic hydroxyl groups is 1. The summed E-state index contributed by atoms with van der Waals surface area (Å²) in [5, 5.41) is 19.1. The highest BCUT2D eigenvalue weighted by Crippen LogP contribution is 2.19. The number of carbonyl (C=O) groups is 2. The van der Waals surface area contributed by atoms with Crippen LogP contribution in [0.3, 0.4) is 0 Å². The Kier molecular flexibility index (Phi) is 9.88. The molecule has 0 fully saturated rings. The van der Waals surface area contributed by atoms with E-state index in [9.17, 15) is 23.5 Å². The third-order valence-electron chi connectivity index (χ3n) is 5.16. The van der Waals surface area contributed by atoms with Gasteiger partial charge in [-0.3, -0.25) is 10.1 Å². The number of amides is 2. The van der Waals surface area contributed by atoms with Crippen LogP contribution in [0.2, 0.25) is 5.02 Å². The van der Waals surface area contributed by atoms with Gasteiger partial charge in [-0.05, 0) is 47.7 Å². The zero-order chi connectivity index (χ0) is 26.1. The van der Waals surface area contributed by atoms with Crippen LogP contribution in [-0.2, 0) is 16.1 Å². The van der Waals surface area contributed by atoms with Gasteiger partial charge in [0.1, 0.15) is 24.1 Å². The minimum Gasteiger partial charge on any atom is -0.447 e. The SMILES string of the molecule is NCC(O)C[C@@H](COC(=O)Nc1cc2cc(F)ccc2cn1)NC(=O)CNCc1cccc(F)c1Cl. The van der Waals surface area contributed by atoms with Crippen LogP contribution >= 0.6 is 11.6 Å². The van der Waals surface area contributed by atoms with Gasteiger partial charge in [0, 0.05) is 24.7 Å². The third kappa shape index (κ3) is 8.09. The number of carbonyl (C=O) groups excluding carboxylic acids is 2. The molecule has 2 aromatic carbocycles. The van der Waals surface area contributed by atoms with Crippen LogP contribution in [0, 0.1) is 11.6 Å². The lowest BCUT2D eigenvalue weighted by Gasteiger charge is -2.21. The fraction of sp³-hybridized carbons (Fsp3) is 0.292. The summed E-state index contributed by atoms with van der Waals surface area (Å²) in [6, 6.07) is 9.31. The molecule has 0 aliphatic carbocycles. The minimum absolute atomic E-state index is 0.0280. The molecule has 12 heteroatoms. The Hall–Kier alpha value is -3.38. The number of ether oxygens (including phenoxy) is 1. The summed E-state index contributed by atoms with van der Waals surface area (Å²) in [5.41, 5.74) is 5.95. The first-order chi connectivity index (χ1) is 17.2. The van der Waals surface area contributed by atoms with Crippen molar-refractivity contribution in [1.82, 2.24) is 15.6 Å². The van der Waals surface area contributed by atoms with E-state index < -0.39 is 35.8 Å². The van der Waals surface area contributed by atoms with Crippen LogP contribution in [0.4, 0.5) is 19.4 Å². The zero-order valence-corrected chi connectivity index (χ0v) is 19.9. The minimum atomic E-state index is -0.932. The third-order valence-corrected chi connectivity index (χ3v) is 5.58. The molecule has 36 heavy (non-hydrogen) atoms. The lowest BCUT2D eigenvalue weighted by atomic mass is 10.1. The quantitative estimate of drug-likeness (QED) is 0.261. The Morgan fingerprint density at radius 1 is 1.17 bits per heavy atom. The molecule has 0 radical (unpaired) electrons. The maximum atomic E-state index is 13.5. The molecule has 2 atom stereocenters. The largest absolute Gasteiger partial charge is 0.447 e. The molecule has 192 valence electrons. The highest BCUT2D eigenvalue weighted by Gasteiger charge is 2.19. The number of nitrogens with one attached hydrogen (secondary N) is 3. The lowest BCUT2D eigenvalue weighted by molar-refractivity contribution is -0.121. The molecular formula is C24H26ClF2N5O4. The van der Waals surface area contributed by atoms with Gasteiger partial charge in [0.05, 0.1) is 23.7 Å².